The first-order valence-electron chi connectivity index (χ1n) is 7.03. The molecule has 0 heterocycles. The molecule has 0 aliphatic carbocycles. The summed E-state index contributed by atoms with van der Waals surface area (Å²) >= 11 is 0. The van der Waals surface area contributed by atoms with Gasteiger partial charge in [0, 0.05) is 6.61 Å². The first-order chi connectivity index (χ1) is 10.8. The predicted octanol–water partition coefficient (Wildman–Crippen LogP) is 2.51. The number of halogens is 3. The van der Waals surface area contributed by atoms with Gasteiger partial charge in [-0.25, -0.2) is 4.79 Å². The fourth-order valence-corrected chi connectivity index (χ4v) is 1.81. The van der Waals surface area contributed by atoms with Gasteiger partial charge >= 0.3 is 18.1 Å². The van der Waals surface area contributed by atoms with Gasteiger partial charge in [-0.3, -0.25) is 4.79 Å². The molecule has 1 atom stereocenters. The van der Waals surface area contributed by atoms with E-state index in [1.54, 1.807) is 0 Å². The van der Waals surface area contributed by atoms with Gasteiger partial charge in [-0.2, -0.15) is 13.2 Å². The Bertz CT molecular complexity index is 505. The Hall–Kier alpha value is -2.09. The fourth-order valence-electron chi connectivity index (χ4n) is 1.81. The van der Waals surface area contributed by atoms with E-state index in [1.807, 2.05) is 30.3 Å². The topological polar surface area (TPSA) is 75.6 Å². The van der Waals surface area contributed by atoms with Crippen molar-refractivity contribution in [2.24, 2.45) is 0 Å². The molecular formula is C15H18F3NO4. The second-order valence-electron chi connectivity index (χ2n) is 4.90. The number of carbonyl (C=O) groups excluding carboxylic acids is 1. The molecule has 2 N–H and O–H groups in total. The van der Waals surface area contributed by atoms with Gasteiger partial charge in [0.05, 0.1) is 6.61 Å². The van der Waals surface area contributed by atoms with E-state index < -0.39 is 24.1 Å². The molecule has 1 amide bonds. The standard InChI is InChI=1S/C15H18F3NO4/c16-15(17,18)14(22)19-12(13(20)21)8-4-5-9-23-10-11-6-2-1-3-7-11/h1-3,6-7,12H,4-5,8-10H2,(H,19,22)(H,20,21). The Labute approximate surface area is 131 Å². The van der Waals surface area contributed by atoms with Crippen LogP contribution in [0.25, 0.3) is 0 Å². The summed E-state index contributed by atoms with van der Waals surface area (Å²) in [7, 11) is 0. The molecule has 0 aliphatic rings. The van der Waals surface area contributed by atoms with Crippen LogP contribution in [0, 0.1) is 0 Å². The Morgan fingerprint density at radius 3 is 2.39 bits per heavy atom. The smallest absolute Gasteiger partial charge is 0.471 e. The van der Waals surface area contributed by atoms with Gasteiger partial charge < -0.3 is 15.2 Å². The Morgan fingerprint density at radius 2 is 1.83 bits per heavy atom. The van der Waals surface area contributed by atoms with Crippen molar-refractivity contribution in [2.75, 3.05) is 6.61 Å². The van der Waals surface area contributed by atoms with Crippen molar-refractivity contribution in [3.8, 4) is 0 Å². The van der Waals surface area contributed by atoms with Crippen molar-refractivity contribution in [2.45, 2.75) is 38.1 Å². The molecule has 128 valence electrons. The number of amides is 1. The number of carbonyl (C=O) groups is 2. The van der Waals surface area contributed by atoms with Gasteiger partial charge in [0.1, 0.15) is 6.04 Å². The number of alkyl halides is 3. The highest BCUT2D eigenvalue weighted by Gasteiger charge is 2.40. The van der Waals surface area contributed by atoms with Crippen molar-refractivity contribution in [1.82, 2.24) is 5.32 Å². The summed E-state index contributed by atoms with van der Waals surface area (Å²) in [4.78, 5) is 21.6. The van der Waals surface area contributed by atoms with Gasteiger partial charge in [-0.15, -0.1) is 0 Å². The lowest BCUT2D eigenvalue weighted by molar-refractivity contribution is -0.175. The number of hydrogen-bond donors (Lipinski definition) is 2. The molecule has 0 bridgehead atoms. The van der Waals surface area contributed by atoms with Crippen LogP contribution in [0.4, 0.5) is 13.2 Å². The number of aliphatic carboxylic acids is 1. The third-order valence-corrected chi connectivity index (χ3v) is 3.00. The van der Waals surface area contributed by atoms with E-state index in [0.717, 1.165) is 5.56 Å². The lowest BCUT2D eigenvalue weighted by atomic mass is 10.1. The number of unbranched alkanes of at least 4 members (excludes halogenated alkanes) is 1. The molecule has 23 heavy (non-hydrogen) atoms. The van der Waals surface area contributed by atoms with E-state index in [2.05, 4.69) is 0 Å². The Kier molecular flexibility index (Phi) is 7.53. The van der Waals surface area contributed by atoms with Crippen molar-refractivity contribution in [1.29, 1.82) is 0 Å². The summed E-state index contributed by atoms with van der Waals surface area (Å²) in [6.45, 7) is 0.766. The first-order valence-corrected chi connectivity index (χ1v) is 7.03. The van der Waals surface area contributed by atoms with Gasteiger partial charge in [-0.1, -0.05) is 30.3 Å². The largest absolute Gasteiger partial charge is 0.480 e. The molecule has 0 radical (unpaired) electrons. The molecule has 0 spiro atoms. The molecule has 0 saturated heterocycles. The zero-order chi connectivity index (χ0) is 17.3. The lowest BCUT2D eigenvalue weighted by Gasteiger charge is -2.15. The quantitative estimate of drug-likeness (QED) is 0.681. The average molecular weight is 333 g/mol. The van der Waals surface area contributed by atoms with Crippen LogP contribution in [0.15, 0.2) is 30.3 Å². The first kappa shape index (κ1) is 19.0. The van der Waals surface area contributed by atoms with Crippen LogP contribution in [0.2, 0.25) is 0 Å². The van der Waals surface area contributed by atoms with Crippen LogP contribution in [0.5, 0.6) is 0 Å². The normalized spacial score (nSPS) is 12.7. The molecule has 0 saturated carbocycles. The maximum Gasteiger partial charge on any atom is 0.471 e. The van der Waals surface area contributed by atoms with Crippen LogP contribution >= 0.6 is 0 Å². The highest BCUT2D eigenvalue weighted by atomic mass is 19.4. The monoisotopic (exact) mass is 333 g/mol. The number of benzene rings is 1. The van der Waals surface area contributed by atoms with E-state index in [4.69, 9.17) is 9.84 Å². The summed E-state index contributed by atoms with van der Waals surface area (Å²) in [5, 5.41) is 10.3. The van der Waals surface area contributed by atoms with Crippen LogP contribution in [0.3, 0.4) is 0 Å². The number of carboxylic acid groups (broad SMARTS) is 1. The maximum atomic E-state index is 12.1. The minimum Gasteiger partial charge on any atom is -0.480 e. The number of carboxylic acids is 1. The molecule has 1 aromatic rings. The predicted molar refractivity (Wildman–Crippen MR) is 75.6 cm³/mol. The number of hydrogen-bond acceptors (Lipinski definition) is 3. The van der Waals surface area contributed by atoms with Crippen molar-refractivity contribution < 1.29 is 32.6 Å². The fraction of sp³-hybridized carbons (Fsp3) is 0.467. The minimum atomic E-state index is -5.09. The van der Waals surface area contributed by atoms with E-state index >= 15 is 0 Å². The summed E-state index contributed by atoms with van der Waals surface area (Å²) in [6.07, 6.45) is -4.37. The van der Waals surface area contributed by atoms with Gasteiger partial charge in [0.2, 0.25) is 0 Å². The lowest BCUT2D eigenvalue weighted by Crippen LogP contribution is -2.46. The SMILES string of the molecule is O=C(O)C(CCCCOCc1ccccc1)NC(=O)C(F)(F)F. The zero-order valence-corrected chi connectivity index (χ0v) is 12.3. The van der Waals surface area contributed by atoms with Crippen molar-refractivity contribution >= 4 is 11.9 Å². The molecular weight excluding hydrogens is 315 g/mol. The summed E-state index contributed by atoms with van der Waals surface area (Å²) in [6, 6.07) is 7.86. The summed E-state index contributed by atoms with van der Waals surface area (Å²) in [5.41, 5.74) is 0.994. The number of rotatable bonds is 9. The van der Waals surface area contributed by atoms with E-state index in [0.29, 0.717) is 26.1 Å². The molecule has 1 rings (SSSR count). The van der Waals surface area contributed by atoms with Gasteiger partial charge in [-0.05, 0) is 24.8 Å². The van der Waals surface area contributed by atoms with Crippen molar-refractivity contribution in [3.63, 3.8) is 0 Å². The number of ether oxygens (including phenoxy) is 1. The molecule has 5 nitrogen and oxygen atoms in total. The second kappa shape index (κ2) is 9.14. The number of nitrogens with one attached hydrogen (secondary N) is 1. The van der Waals surface area contributed by atoms with Crippen LogP contribution in [0.1, 0.15) is 24.8 Å². The van der Waals surface area contributed by atoms with Crippen LogP contribution < -0.4 is 5.32 Å². The van der Waals surface area contributed by atoms with Gasteiger partial charge in [0.25, 0.3) is 0 Å². The minimum absolute atomic E-state index is 0.0914. The third-order valence-electron chi connectivity index (χ3n) is 3.00. The Morgan fingerprint density at radius 1 is 1.17 bits per heavy atom. The summed E-state index contributed by atoms with van der Waals surface area (Å²) < 4.78 is 41.7. The van der Waals surface area contributed by atoms with E-state index in [9.17, 15) is 22.8 Å². The molecule has 0 aromatic heterocycles. The average Bonchev–Trinajstić information content (AvgIpc) is 2.49. The van der Waals surface area contributed by atoms with Crippen LogP contribution in [-0.2, 0) is 20.9 Å². The van der Waals surface area contributed by atoms with Crippen LogP contribution in [-0.4, -0.2) is 35.8 Å². The van der Waals surface area contributed by atoms with Gasteiger partial charge in [0.15, 0.2) is 0 Å². The molecule has 1 aromatic carbocycles. The highest BCUT2D eigenvalue weighted by Crippen LogP contribution is 2.15. The Balaban J connectivity index is 2.23. The van der Waals surface area contributed by atoms with Crippen molar-refractivity contribution in [3.05, 3.63) is 35.9 Å². The van der Waals surface area contributed by atoms with E-state index in [1.165, 1.54) is 5.32 Å². The molecule has 0 fully saturated rings. The summed E-state index contributed by atoms with van der Waals surface area (Å²) in [5.74, 6) is -3.74. The highest BCUT2D eigenvalue weighted by molar-refractivity contribution is 5.86. The molecule has 8 heteroatoms. The maximum absolute atomic E-state index is 12.1. The molecule has 1 unspecified atom stereocenters. The van der Waals surface area contributed by atoms with E-state index in [-0.39, 0.29) is 6.42 Å². The second-order valence-corrected chi connectivity index (χ2v) is 4.90. The third kappa shape index (κ3) is 7.64. The molecule has 0 aliphatic heterocycles. The zero-order valence-electron chi connectivity index (χ0n) is 12.3.